The predicted molar refractivity (Wildman–Crippen MR) is 103 cm³/mol. The van der Waals surface area contributed by atoms with Crippen LogP contribution in [0.2, 0.25) is 0 Å². The minimum absolute atomic E-state index is 0.380. The molecule has 1 spiro atoms. The molecule has 3 fully saturated rings. The quantitative estimate of drug-likeness (QED) is 0.776. The average Bonchev–Trinajstić information content (AvgIpc) is 3.50. The summed E-state index contributed by atoms with van der Waals surface area (Å²) in [5, 5.41) is 0. The lowest BCUT2D eigenvalue weighted by atomic mass is 9.72. The number of carbonyl (C=O) groups is 1. The van der Waals surface area contributed by atoms with Gasteiger partial charge in [-0.3, -0.25) is 9.69 Å². The summed E-state index contributed by atoms with van der Waals surface area (Å²) in [5.41, 5.74) is 1.68. The highest BCUT2D eigenvalue weighted by molar-refractivity contribution is 5.77. The fourth-order valence-corrected chi connectivity index (χ4v) is 4.59. The number of ether oxygens (including phenoxy) is 1. The summed E-state index contributed by atoms with van der Waals surface area (Å²) in [6.45, 7) is 7.18. The van der Waals surface area contributed by atoms with Gasteiger partial charge in [0.05, 0.1) is 6.61 Å². The van der Waals surface area contributed by atoms with Gasteiger partial charge in [0.25, 0.3) is 0 Å². The highest BCUT2D eigenvalue weighted by Gasteiger charge is 2.45. The van der Waals surface area contributed by atoms with Crippen molar-refractivity contribution in [3.05, 3.63) is 29.8 Å². The number of rotatable bonds is 6. The molecule has 2 saturated heterocycles. The van der Waals surface area contributed by atoms with Crippen LogP contribution in [0.3, 0.4) is 0 Å². The molecule has 1 saturated carbocycles. The lowest BCUT2D eigenvalue weighted by Gasteiger charge is -2.47. The number of carbonyl (C=O) groups excluding carboxylic acids is 1. The highest BCUT2D eigenvalue weighted by Crippen LogP contribution is 2.43. The third-order valence-electron chi connectivity index (χ3n) is 6.43. The lowest BCUT2D eigenvalue weighted by molar-refractivity contribution is -0.139. The minimum Gasteiger partial charge on any atom is -0.493 e. The Kier molecular flexibility index (Phi) is 5.21. The van der Waals surface area contributed by atoms with Gasteiger partial charge in [-0.05, 0) is 63.1 Å². The Hall–Kier alpha value is -1.55. The Morgan fingerprint density at radius 1 is 1.15 bits per heavy atom. The van der Waals surface area contributed by atoms with E-state index in [1.165, 1.54) is 31.2 Å². The Balaban J connectivity index is 1.35. The van der Waals surface area contributed by atoms with E-state index in [0.29, 0.717) is 17.4 Å². The van der Waals surface area contributed by atoms with Gasteiger partial charge in [0, 0.05) is 31.1 Å². The lowest BCUT2D eigenvalue weighted by Crippen LogP contribution is -2.52. The fourth-order valence-electron chi connectivity index (χ4n) is 4.59. The first-order valence-electron chi connectivity index (χ1n) is 10.4. The zero-order valence-electron chi connectivity index (χ0n) is 16.1. The molecule has 1 aromatic carbocycles. The van der Waals surface area contributed by atoms with Gasteiger partial charge >= 0.3 is 0 Å². The van der Waals surface area contributed by atoms with Crippen LogP contribution in [0.5, 0.6) is 5.75 Å². The monoisotopic (exact) mass is 356 g/mol. The molecule has 0 atom stereocenters. The number of amides is 1. The van der Waals surface area contributed by atoms with Crippen LogP contribution in [0.4, 0.5) is 0 Å². The van der Waals surface area contributed by atoms with Crippen LogP contribution in [-0.4, -0.2) is 48.0 Å². The van der Waals surface area contributed by atoms with E-state index in [0.717, 1.165) is 57.8 Å². The molecule has 2 heterocycles. The molecule has 0 unspecified atom stereocenters. The molecular formula is C22H32N2O2. The zero-order chi connectivity index (χ0) is 18.0. The number of hydrogen-bond acceptors (Lipinski definition) is 3. The van der Waals surface area contributed by atoms with Gasteiger partial charge in [-0.15, -0.1) is 0 Å². The standard InChI is InChI=1S/C22H32N2O2/c1-2-15-26-20-6-4-3-5-18(20)16-23-13-11-22(12-14-23)10-9-21(25)24(17-22)19-7-8-19/h3-6,19H,2,7-17H2,1H3. The molecule has 4 heteroatoms. The van der Waals surface area contributed by atoms with Crippen molar-refractivity contribution in [2.75, 3.05) is 26.2 Å². The summed E-state index contributed by atoms with van der Waals surface area (Å²) in [5.74, 6) is 1.44. The minimum atomic E-state index is 0.380. The average molecular weight is 357 g/mol. The summed E-state index contributed by atoms with van der Waals surface area (Å²) < 4.78 is 5.93. The largest absolute Gasteiger partial charge is 0.493 e. The van der Waals surface area contributed by atoms with Gasteiger partial charge in [0.15, 0.2) is 0 Å². The van der Waals surface area contributed by atoms with Crippen molar-refractivity contribution in [1.29, 1.82) is 0 Å². The molecule has 4 rings (SSSR count). The zero-order valence-corrected chi connectivity index (χ0v) is 16.1. The van der Waals surface area contributed by atoms with E-state index in [9.17, 15) is 4.79 Å². The van der Waals surface area contributed by atoms with Crippen LogP contribution in [0.15, 0.2) is 24.3 Å². The van der Waals surface area contributed by atoms with E-state index in [-0.39, 0.29) is 0 Å². The van der Waals surface area contributed by atoms with E-state index < -0.39 is 0 Å². The molecule has 0 radical (unpaired) electrons. The molecular weight excluding hydrogens is 324 g/mol. The van der Waals surface area contributed by atoms with Gasteiger partial charge in [-0.2, -0.15) is 0 Å². The third kappa shape index (κ3) is 3.90. The molecule has 1 aromatic rings. The smallest absolute Gasteiger partial charge is 0.222 e. The van der Waals surface area contributed by atoms with Gasteiger partial charge in [-0.1, -0.05) is 25.1 Å². The first-order valence-corrected chi connectivity index (χ1v) is 10.4. The first kappa shape index (κ1) is 17.8. The summed E-state index contributed by atoms with van der Waals surface area (Å²) in [6, 6.07) is 9.03. The normalized spacial score (nSPS) is 23.4. The van der Waals surface area contributed by atoms with Crippen LogP contribution in [-0.2, 0) is 11.3 Å². The maximum Gasteiger partial charge on any atom is 0.222 e. The van der Waals surface area contributed by atoms with Crippen molar-refractivity contribution < 1.29 is 9.53 Å². The van der Waals surface area contributed by atoms with E-state index in [2.05, 4.69) is 41.0 Å². The molecule has 1 aliphatic carbocycles. The van der Waals surface area contributed by atoms with E-state index >= 15 is 0 Å². The number of benzene rings is 1. The Morgan fingerprint density at radius 2 is 1.92 bits per heavy atom. The van der Waals surface area contributed by atoms with Crippen molar-refractivity contribution in [2.24, 2.45) is 5.41 Å². The summed E-state index contributed by atoms with van der Waals surface area (Å²) in [7, 11) is 0. The molecule has 0 bridgehead atoms. The van der Waals surface area contributed by atoms with Gasteiger partial charge < -0.3 is 9.64 Å². The Bertz CT molecular complexity index is 633. The van der Waals surface area contributed by atoms with Crippen LogP contribution < -0.4 is 4.74 Å². The molecule has 2 aliphatic heterocycles. The molecule has 4 nitrogen and oxygen atoms in total. The van der Waals surface area contributed by atoms with Crippen LogP contribution >= 0.6 is 0 Å². The second-order valence-corrected chi connectivity index (χ2v) is 8.49. The van der Waals surface area contributed by atoms with Crippen molar-refractivity contribution in [2.45, 2.75) is 64.5 Å². The maximum atomic E-state index is 12.2. The highest BCUT2D eigenvalue weighted by atomic mass is 16.5. The third-order valence-corrected chi connectivity index (χ3v) is 6.43. The summed E-state index contributed by atoms with van der Waals surface area (Å²) in [4.78, 5) is 17.0. The topological polar surface area (TPSA) is 32.8 Å². The predicted octanol–water partition coefficient (Wildman–Crippen LogP) is 3.84. The molecule has 0 N–H and O–H groups in total. The number of para-hydroxylation sites is 1. The Labute approximate surface area is 157 Å². The van der Waals surface area contributed by atoms with Crippen molar-refractivity contribution in [3.63, 3.8) is 0 Å². The number of piperidine rings is 2. The van der Waals surface area contributed by atoms with Crippen molar-refractivity contribution in [1.82, 2.24) is 9.80 Å². The molecule has 3 aliphatic rings. The Morgan fingerprint density at radius 3 is 2.65 bits per heavy atom. The van der Waals surface area contributed by atoms with Gasteiger partial charge in [0.2, 0.25) is 5.91 Å². The number of hydrogen-bond donors (Lipinski definition) is 0. The van der Waals surface area contributed by atoms with Crippen LogP contribution in [0.1, 0.15) is 57.4 Å². The van der Waals surface area contributed by atoms with Crippen LogP contribution in [0.25, 0.3) is 0 Å². The fraction of sp³-hybridized carbons (Fsp3) is 0.682. The molecule has 142 valence electrons. The SMILES string of the molecule is CCCOc1ccccc1CN1CCC2(CCC(=O)N(C3CC3)C2)CC1. The molecule has 1 amide bonds. The van der Waals surface area contributed by atoms with Crippen LogP contribution in [0, 0.1) is 5.41 Å². The number of likely N-dealkylation sites (tertiary alicyclic amines) is 2. The van der Waals surface area contributed by atoms with Crippen molar-refractivity contribution >= 4 is 5.91 Å². The second kappa shape index (κ2) is 7.59. The molecule has 0 aromatic heterocycles. The number of nitrogens with zero attached hydrogens (tertiary/aromatic N) is 2. The van der Waals surface area contributed by atoms with E-state index in [1.54, 1.807) is 0 Å². The molecule has 26 heavy (non-hydrogen) atoms. The van der Waals surface area contributed by atoms with Gasteiger partial charge in [0.1, 0.15) is 5.75 Å². The van der Waals surface area contributed by atoms with E-state index in [4.69, 9.17) is 4.74 Å². The second-order valence-electron chi connectivity index (χ2n) is 8.49. The first-order chi connectivity index (χ1) is 12.7. The van der Waals surface area contributed by atoms with Crippen molar-refractivity contribution in [3.8, 4) is 5.75 Å². The van der Waals surface area contributed by atoms with E-state index in [1.807, 2.05) is 0 Å². The summed E-state index contributed by atoms with van der Waals surface area (Å²) >= 11 is 0. The maximum absolute atomic E-state index is 12.2. The van der Waals surface area contributed by atoms with Gasteiger partial charge in [-0.25, -0.2) is 0 Å². The summed E-state index contributed by atoms with van der Waals surface area (Å²) in [6.07, 6.45) is 7.80.